The number of nitrogens with two attached hydrogens (primary N) is 1. The Labute approximate surface area is 99.1 Å². The second kappa shape index (κ2) is 4.27. The number of hydrogen-bond acceptors (Lipinski definition) is 3. The molecule has 16 heavy (non-hydrogen) atoms. The molecular weight excluding hydrogens is 198 g/mol. The Morgan fingerprint density at radius 2 is 2.31 bits per heavy atom. The summed E-state index contributed by atoms with van der Waals surface area (Å²) in [6, 6.07) is 0. The molecule has 0 amide bonds. The molecule has 1 aliphatic heterocycles. The number of guanidine groups is 1. The van der Waals surface area contributed by atoms with Gasteiger partial charge >= 0.3 is 0 Å². The van der Waals surface area contributed by atoms with Crippen LogP contribution in [0.1, 0.15) is 46.0 Å². The molecule has 2 N–H and O–H groups in total. The van der Waals surface area contributed by atoms with E-state index in [0.717, 1.165) is 24.3 Å². The normalized spacial score (nSPS) is 34.9. The van der Waals surface area contributed by atoms with E-state index in [2.05, 4.69) is 30.8 Å². The van der Waals surface area contributed by atoms with Crippen LogP contribution in [-0.4, -0.2) is 30.0 Å². The van der Waals surface area contributed by atoms with Crippen molar-refractivity contribution < 1.29 is 0 Å². The molecule has 3 heteroatoms. The first-order valence-corrected chi connectivity index (χ1v) is 6.57. The Balaban J connectivity index is 2.02. The standard InChI is InChI=1S/C13H25N3/c1-10(2)7-11-5-4-6-13(8-11)9-15-12(14)16(13)3/h10-11H,4-9H2,1-3H3,(H2,14,15). The molecule has 0 aromatic rings. The van der Waals surface area contributed by atoms with Crippen molar-refractivity contribution in [3.05, 3.63) is 0 Å². The molecule has 1 fully saturated rings. The maximum Gasteiger partial charge on any atom is 0.191 e. The zero-order valence-corrected chi connectivity index (χ0v) is 10.9. The highest BCUT2D eigenvalue weighted by Gasteiger charge is 2.43. The molecule has 2 atom stereocenters. The van der Waals surface area contributed by atoms with Crippen LogP contribution < -0.4 is 5.73 Å². The zero-order chi connectivity index (χ0) is 11.8. The number of nitrogens with zero attached hydrogens (tertiary/aromatic N) is 2. The summed E-state index contributed by atoms with van der Waals surface area (Å²) in [5.74, 6) is 2.42. The van der Waals surface area contributed by atoms with Gasteiger partial charge in [-0.1, -0.05) is 26.7 Å². The van der Waals surface area contributed by atoms with Crippen LogP contribution >= 0.6 is 0 Å². The van der Waals surface area contributed by atoms with Crippen LogP contribution in [0, 0.1) is 11.8 Å². The molecule has 1 aliphatic carbocycles. The minimum atomic E-state index is 0.266. The van der Waals surface area contributed by atoms with Gasteiger partial charge in [0.25, 0.3) is 0 Å². The second-order valence-corrected chi connectivity index (χ2v) is 6.05. The Kier molecular flexibility index (Phi) is 3.13. The zero-order valence-electron chi connectivity index (χ0n) is 10.9. The molecular formula is C13H25N3. The van der Waals surface area contributed by atoms with E-state index >= 15 is 0 Å². The van der Waals surface area contributed by atoms with Gasteiger partial charge in [0.15, 0.2) is 5.96 Å². The highest BCUT2D eigenvalue weighted by Crippen LogP contribution is 2.40. The predicted octanol–water partition coefficient (Wildman–Crippen LogP) is 2.22. The number of rotatable bonds is 2. The van der Waals surface area contributed by atoms with Crippen molar-refractivity contribution in [2.45, 2.75) is 51.5 Å². The van der Waals surface area contributed by atoms with Crippen LogP contribution in [0.2, 0.25) is 0 Å². The summed E-state index contributed by atoms with van der Waals surface area (Å²) in [6.45, 7) is 5.57. The minimum Gasteiger partial charge on any atom is -0.370 e. The molecule has 1 spiro atoms. The molecule has 92 valence electrons. The lowest BCUT2D eigenvalue weighted by molar-refractivity contribution is 0.117. The summed E-state index contributed by atoms with van der Waals surface area (Å²) in [5.41, 5.74) is 6.17. The van der Waals surface area contributed by atoms with Crippen LogP contribution in [0.25, 0.3) is 0 Å². The first-order chi connectivity index (χ1) is 7.53. The third kappa shape index (κ3) is 2.04. The van der Waals surface area contributed by atoms with E-state index in [-0.39, 0.29) is 5.54 Å². The Morgan fingerprint density at radius 1 is 1.56 bits per heavy atom. The summed E-state index contributed by atoms with van der Waals surface area (Å²) in [7, 11) is 2.11. The van der Waals surface area contributed by atoms with Gasteiger partial charge in [-0.3, -0.25) is 4.99 Å². The van der Waals surface area contributed by atoms with Crippen molar-refractivity contribution in [1.29, 1.82) is 0 Å². The van der Waals surface area contributed by atoms with Gasteiger partial charge in [-0.05, 0) is 31.1 Å². The highest BCUT2D eigenvalue weighted by atomic mass is 15.3. The third-order valence-corrected chi connectivity index (χ3v) is 4.32. The number of hydrogen-bond donors (Lipinski definition) is 1. The smallest absolute Gasteiger partial charge is 0.191 e. The Bertz CT molecular complexity index is 285. The lowest BCUT2D eigenvalue weighted by Crippen LogP contribution is -2.52. The van der Waals surface area contributed by atoms with Crippen LogP contribution in [0.4, 0.5) is 0 Å². The summed E-state index contributed by atoms with van der Waals surface area (Å²) in [5, 5.41) is 0. The van der Waals surface area contributed by atoms with Crippen molar-refractivity contribution in [2.75, 3.05) is 13.6 Å². The summed E-state index contributed by atoms with van der Waals surface area (Å²) < 4.78 is 0. The average molecular weight is 223 g/mol. The highest BCUT2D eigenvalue weighted by molar-refractivity contribution is 5.80. The Hall–Kier alpha value is -0.730. The lowest BCUT2D eigenvalue weighted by Gasteiger charge is -2.43. The van der Waals surface area contributed by atoms with E-state index in [4.69, 9.17) is 5.73 Å². The van der Waals surface area contributed by atoms with Crippen molar-refractivity contribution in [1.82, 2.24) is 4.90 Å². The molecule has 0 aromatic heterocycles. The fourth-order valence-electron chi connectivity index (χ4n) is 3.46. The fourth-order valence-corrected chi connectivity index (χ4v) is 3.46. The molecule has 3 nitrogen and oxygen atoms in total. The largest absolute Gasteiger partial charge is 0.370 e. The van der Waals surface area contributed by atoms with Gasteiger partial charge in [0.05, 0.1) is 12.1 Å². The van der Waals surface area contributed by atoms with E-state index in [0.29, 0.717) is 0 Å². The van der Waals surface area contributed by atoms with E-state index in [1.165, 1.54) is 32.1 Å². The third-order valence-electron chi connectivity index (χ3n) is 4.32. The van der Waals surface area contributed by atoms with E-state index in [1.54, 1.807) is 0 Å². The maximum absolute atomic E-state index is 5.91. The van der Waals surface area contributed by atoms with Crippen LogP contribution in [0.5, 0.6) is 0 Å². The van der Waals surface area contributed by atoms with Gasteiger partial charge in [0, 0.05) is 7.05 Å². The molecule has 1 heterocycles. The van der Waals surface area contributed by atoms with Crippen molar-refractivity contribution in [3.8, 4) is 0 Å². The molecule has 2 unspecified atom stereocenters. The van der Waals surface area contributed by atoms with Gasteiger partial charge in [-0.25, -0.2) is 0 Å². The monoisotopic (exact) mass is 223 g/mol. The first kappa shape index (κ1) is 11.7. The molecule has 0 radical (unpaired) electrons. The average Bonchev–Trinajstić information content (AvgIpc) is 2.47. The Morgan fingerprint density at radius 3 is 2.88 bits per heavy atom. The van der Waals surface area contributed by atoms with E-state index in [1.807, 2.05) is 0 Å². The molecule has 0 saturated heterocycles. The fraction of sp³-hybridized carbons (Fsp3) is 0.923. The van der Waals surface area contributed by atoms with E-state index in [9.17, 15) is 0 Å². The summed E-state index contributed by atoms with van der Waals surface area (Å²) >= 11 is 0. The summed E-state index contributed by atoms with van der Waals surface area (Å²) in [4.78, 5) is 6.66. The van der Waals surface area contributed by atoms with Gasteiger partial charge in [-0.15, -0.1) is 0 Å². The number of likely N-dealkylation sites (N-methyl/N-ethyl adjacent to an activating group) is 1. The predicted molar refractivity (Wildman–Crippen MR) is 68.4 cm³/mol. The minimum absolute atomic E-state index is 0.266. The van der Waals surface area contributed by atoms with Gasteiger partial charge < -0.3 is 10.6 Å². The van der Waals surface area contributed by atoms with Gasteiger partial charge in [-0.2, -0.15) is 0 Å². The lowest BCUT2D eigenvalue weighted by atomic mass is 9.73. The molecule has 0 aromatic carbocycles. The number of aliphatic imine (C=N–C) groups is 1. The van der Waals surface area contributed by atoms with Crippen molar-refractivity contribution in [3.63, 3.8) is 0 Å². The summed E-state index contributed by atoms with van der Waals surface area (Å²) in [6.07, 6.45) is 6.64. The maximum atomic E-state index is 5.91. The van der Waals surface area contributed by atoms with Gasteiger partial charge in [0.2, 0.25) is 0 Å². The molecule has 2 rings (SSSR count). The molecule has 0 bridgehead atoms. The molecule has 2 aliphatic rings. The van der Waals surface area contributed by atoms with Crippen molar-refractivity contribution in [2.24, 2.45) is 22.6 Å². The molecule has 1 saturated carbocycles. The van der Waals surface area contributed by atoms with Crippen molar-refractivity contribution >= 4 is 5.96 Å². The topological polar surface area (TPSA) is 41.6 Å². The van der Waals surface area contributed by atoms with Crippen LogP contribution in [0.3, 0.4) is 0 Å². The van der Waals surface area contributed by atoms with Crippen LogP contribution in [0.15, 0.2) is 4.99 Å². The van der Waals surface area contributed by atoms with E-state index < -0.39 is 0 Å². The second-order valence-electron chi connectivity index (χ2n) is 6.05. The van der Waals surface area contributed by atoms with Crippen LogP contribution in [-0.2, 0) is 0 Å². The SMILES string of the molecule is CC(C)CC1CCCC2(CN=C(N)N2C)C1. The quantitative estimate of drug-likeness (QED) is 0.780. The first-order valence-electron chi connectivity index (χ1n) is 6.57. The van der Waals surface area contributed by atoms with Gasteiger partial charge in [0.1, 0.15) is 0 Å².